The first-order chi connectivity index (χ1) is 11.2. The molecular weight excluding hydrogens is 294 g/mol. The van der Waals surface area contributed by atoms with Gasteiger partial charge < -0.3 is 9.64 Å². The lowest BCUT2D eigenvalue weighted by molar-refractivity contribution is -0.134. The smallest absolute Gasteiger partial charge is 0.248 e. The third kappa shape index (κ3) is 3.73. The van der Waals surface area contributed by atoms with Crippen LogP contribution in [0.5, 0.6) is 0 Å². The minimum Gasteiger partial charge on any atom is -0.375 e. The SMILES string of the molecule is COCC(=O)N1CC[C@H](Cc2cnc(-c3cc(C)[nH]n3)cn2)C1. The second kappa shape index (κ2) is 6.87. The van der Waals surface area contributed by atoms with E-state index in [0.29, 0.717) is 5.92 Å². The molecule has 7 heteroatoms. The summed E-state index contributed by atoms with van der Waals surface area (Å²) in [5.74, 6) is 0.494. The molecule has 0 aromatic carbocycles. The summed E-state index contributed by atoms with van der Waals surface area (Å²) in [5, 5.41) is 7.08. The van der Waals surface area contributed by atoms with Gasteiger partial charge in [-0.2, -0.15) is 5.10 Å². The van der Waals surface area contributed by atoms with Crippen LogP contribution in [0.15, 0.2) is 18.5 Å². The van der Waals surface area contributed by atoms with E-state index in [-0.39, 0.29) is 12.5 Å². The Morgan fingerprint density at radius 3 is 2.91 bits per heavy atom. The Hall–Kier alpha value is -2.28. The number of hydrogen-bond donors (Lipinski definition) is 1. The molecule has 2 aromatic rings. The fourth-order valence-corrected chi connectivity index (χ4v) is 2.88. The van der Waals surface area contributed by atoms with Crippen molar-refractivity contribution in [2.45, 2.75) is 19.8 Å². The van der Waals surface area contributed by atoms with Crippen molar-refractivity contribution < 1.29 is 9.53 Å². The van der Waals surface area contributed by atoms with Crippen LogP contribution in [0.3, 0.4) is 0 Å². The average molecular weight is 315 g/mol. The Labute approximate surface area is 135 Å². The van der Waals surface area contributed by atoms with Gasteiger partial charge >= 0.3 is 0 Å². The molecule has 1 N–H and O–H groups in total. The van der Waals surface area contributed by atoms with Crippen molar-refractivity contribution in [2.75, 3.05) is 26.8 Å². The van der Waals surface area contributed by atoms with Crippen molar-refractivity contribution in [3.63, 3.8) is 0 Å². The van der Waals surface area contributed by atoms with Crippen LogP contribution in [0.25, 0.3) is 11.4 Å². The predicted molar refractivity (Wildman–Crippen MR) is 84.6 cm³/mol. The van der Waals surface area contributed by atoms with Crippen molar-refractivity contribution in [1.29, 1.82) is 0 Å². The van der Waals surface area contributed by atoms with E-state index in [1.165, 1.54) is 0 Å². The van der Waals surface area contributed by atoms with Crippen LogP contribution in [0.1, 0.15) is 17.8 Å². The first kappa shape index (κ1) is 15.6. The van der Waals surface area contributed by atoms with Crippen molar-refractivity contribution in [3.8, 4) is 11.4 Å². The van der Waals surface area contributed by atoms with Gasteiger partial charge in [0, 0.05) is 32.1 Å². The van der Waals surface area contributed by atoms with Crippen LogP contribution in [0.4, 0.5) is 0 Å². The number of carbonyl (C=O) groups excluding carboxylic acids is 1. The topological polar surface area (TPSA) is 84.0 Å². The Balaban J connectivity index is 1.58. The lowest BCUT2D eigenvalue weighted by Gasteiger charge is -2.15. The lowest BCUT2D eigenvalue weighted by atomic mass is 10.0. The van der Waals surface area contributed by atoms with Crippen molar-refractivity contribution in [3.05, 3.63) is 29.8 Å². The largest absolute Gasteiger partial charge is 0.375 e. The van der Waals surface area contributed by atoms with Gasteiger partial charge in [-0.3, -0.25) is 19.9 Å². The number of amides is 1. The van der Waals surface area contributed by atoms with Gasteiger partial charge in [0.25, 0.3) is 0 Å². The molecule has 3 rings (SSSR count). The normalized spacial score (nSPS) is 17.7. The molecule has 3 heterocycles. The highest BCUT2D eigenvalue weighted by molar-refractivity contribution is 5.77. The number of rotatable bonds is 5. The number of aryl methyl sites for hydroxylation is 1. The first-order valence-corrected chi connectivity index (χ1v) is 7.75. The molecule has 0 aliphatic carbocycles. The van der Waals surface area contributed by atoms with Crippen molar-refractivity contribution >= 4 is 5.91 Å². The van der Waals surface area contributed by atoms with Gasteiger partial charge in [-0.1, -0.05) is 0 Å². The summed E-state index contributed by atoms with van der Waals surface area (Å²) < 4.78 is 4.90. The molecule has 1 fully saturated rings. The highest BCUT2D eigenvalue weighted by Gasteiger charge is 2.26. The summed E-state index contributed by atoms with van der Waals surface area (Å²) in [6.07, 6.45) is 5.40. The molecule has 1 saturated heterocycles. The lowest BCUT2D eigenvalue weighted by Crippen LogP contribution is -2.31. The summed E-state index contributed by atoms with van der Waals surface area (Å²) in [6, 6.07) is 1.94. The molecule has 122 valence electrons. The van der Waals surface area contributed by atoms with Gasteiger partial charge in [-0.15, -0.1) is 0 Å². The second-order valence-corrected chi connectivity index (χ2v) is 5.96. The van der Waals surface area contributed by atoms with Gasteiger partial charge in [-0.25, -0.2) is 0 Å². The quantitative estimate of drug-likeness (QED) is 0.896. The number of carbonyl (C=O) groups is 1. The van der Waals surface area contributed by atoms with Gasteiger partial charge in [0.05, 0.1) is 11.9 Å². The fraction of sp³-hybridized carbons (Fsp3) is 0.500. The van der Waals surface area contributed by atoms with Crippen LogP contribution in [0.2, 0.25) is 0 Å². The van der Waals surface area contributed by atoms with E-state index < -0.39 is 0 Å². The third-order valence-corrected chi connectivity index (χ3v) is 4.08. The molecule has 0 radical (unpaired) electrons. The predicted octanol–water partition coefficient (Wildman–Crippen LogP) is 1.21. The van der Waals surface area contributed by atoms with Gasteiger partial charge in [0.15, 0.2) is 0 Å². The zero-order chi connectivity index (χ0) is 16.2. The third-order valence-electron chi connectivity index (χ3n) is 4.08. The van der Waals surface area contributed by atoms with E-state index in [9.17, 15) is 4.79 Å². The molecule has 23 heavy (non-hydrogen) atoms. The maximum absolute atomic E-state index is 11.8. The number of nitrogens with one attached hydrogen (secondary N) is 1. The van der Waals surface area contributed by atoms with Gasteiger partial charge in [0.1, 0.15) is 18.0 Å². The minimum atomic E-state index is 0.0605. The maximum Gasteiger partial charge on any atom is 0.248 e. The monoisotopic (exact) mass is 315 g/mol. The Kier molecular flexibility index (Phi) is 4.66. The summed E-state index contributed by atoms with van der Waals surface area (Å²) >= 11 is 0. The Morgan fingerprint density at radius 1 is 1.39 bits per heavy atom. The molecule has 1 aliphatic heterocycles. The maximum atomic E-state index is 11.8. The zero-order valence-electron chi connectivity index (χ0n) is 13.5. The number of methoxy groups -OCH3 is 1. The molecular formula is C16H21N5O2. The van der Waals surface area contributed by atoms with E-state index >= 15 is 0 Å². The highest BCUT2D eigenvalue weighted by atomic mass is 16.5. The summed E-state index contributed by atoms with van der Waals surface area (Å²) in [4.78, 5) is 22.6. The summed E-state index contributed by atoms with van der Waals surface area (Å²) in [6.45, 7) is 3.68. The van der Waals surface area contributed by atoms with E-state index in [0.717, 1.165) is 48.7 Å². The summed E-state index contributed by atoms with van der Waals surface area (Å²) in [7, 11) is 1.55. The standard InChI is InChI=1S/C16H21N5O2/c1-11-5-14(20-19-11)15-8-17-13(7-18-15)6-12-3-4-21(9-12)16(22)10-23-2/h5,7-8,12H,3-4,6,9-10H2,1-2H3,(H,19,20)/t12-/m1/s1. The molecule has 2 aromatic heterocycles. The summed E-state index contributed by atoms with van der Waals surface area (Å²) in [5.41, 5.74) is 3.52. The fourth-order valence-electron chi connectivity index (χ4n) is 2.88. The number of ether oxygens (including phenoxy) is 1. The number of nitrogens with zero attached hydrogens (tertiary/aromatic N) is 4. The molecule has 0 spiro atoms. The highest BCUT2D eigenvalue weighted by Crippen LogP contribution is 2.21. The number of H-pyrrole nitrogens is 1. The molecule has 1 atom stereocenters. The van der Waals surface area contributed by atoms with Crippen LogP contribution in [-0.4, -0.2) is 57.8 Å². The minimum absolute atomic E-state index is 0.0605. The Morgan fingerprint density at radius 2 is 2.26 bits per heavy atom. The van der Waals surface area contributed by atoms with Crippen molar-refractivity contribution in [1.82, 2.24) is 25.1 Å². The van der Waals surface area contributed by atoms with Crippen LogP contribution in [-0.2, 0) is 16.0 Å². The molecule has 0 saturated carbocycles. The van der Waals surface area contributed by atoms with Gasteiger partial charge in [-0.05, 0) is 31.7 Å². The number of aromatic amines is 1. The second-order valence-electron chi connectivity index (χ2n) is 5.96. The number of likely N-dealkylation sites (tertiary alicyclic amines) is 1. The molecule has 1 aliphatic rings. The Bertz CT molecular complexity index is 667. The van der Waals surface area contributed by atoms with Crippen LogP contribution in [0, 0.1) is 12.8 Å². The molecule has 1 amide bonds. The van der Waals surface area contributed by atoms with Crippen LogP contribution < -0.4 is 0 Å². The van der Waals surface area contributed by atoms with Gasteiger partial charge in [0.2, 0.25) is 5.91 Å². The first-order valence-electron chi connectivity index (χ1n) is 7.75. The number of aromatic nitrogens is 4. The van der Waals surface area contributed by atoms with E-state index in [1.807, 2.05) is 17.9 Å². The molecule has 0 unspecified atom stereocenters. The van der Waals surface area contributed by atoms with E-state index in [1.54, 1.807) is 19.5 Å². The zero-order valence-corrected chi connectivity index (χ0v) is 13.5. The molecule has 0 bridgehead atoms. The van der Waals surface area contributed by atoms with Crippen molar-refractivity contribution in [2.24, 2.45) is 5.92 Å². The average Bonchev–Trinajstić information content (AvgIpc) is 3.18. The van der Waals surface area contributed by atoms with E-state index in [4.69, 9.17) is 4.74 Å². The van der Waals surface area contributed by atoms with Crippen LogP contribution >= 0.6 is 0 Å². The van der Waals surface area contributed by atoms with E-state index in [2.05, 4.69) is 20.2 Å². The molecule has 7 nitrogen and oxygen atoms in total. The number of hydrogen-bond acceptors (Lipinski definition) is 5.